The number of hydrogen-bond donors (Lipinski definition) is 0. The van der Waals surface area contributed by atoms with E-state index in [0.29, 0.717) is 6.42 Å². The zero-order valence-electron chi connectivity index (χ0n) is 11.0. The average molecular weight is 271 g/mol. The Morgan fingerprint density at radius 3 is 2.79 bits per heavy atom. The number of aromatic nitrogens is 1. The first kappa shape index (κ1) is 13.7. The van der Waals surface area contributed by atoms with E-state index >= 15 is 0 Å². The quantitative estimate of drug-likeness (QED) is 0.808. The number of thiophene rings is 1. The summed E-state index contributed by atoms with van der Waals surface area (Å²) in [5, 5.41) is 8.76. The fourth-order valence-electron chi connectivity index (χ4n) is 1.93. The monoisotopic (exact) mass is 271 g/mol. The summed E-state index contributed by atoms with van der Waals surface area (Å²) >= 11 is 1.82. The molecule has 2 aromatic heterocycles. The largest absolute Gasteiger partial charge is 0.291 e. The molecule has 0 aliphatic heterocycles. The first-order chi connectivity index (χ1) is 9.28. The maximum absolute atomic E-state index is 8.76. The minimum Gasteiger partial charge on any atom is -0.291 e. The second-order valence-corrected chi connectivity index (χ2v) is 5.82. The molecule has 0 aliphatic rings. The normalized spacial score (nSPS) is 10.6. The van der Waals surface area contributed by atoms with Gasteiger partial charge in [0.2, 0.25) is 0 Å². The predicted octanol–water partition coefficient (Wildman–Crippen LogP) is 3.37. The van der Waals surface area contributed by atoms with Gasteiger partial charge in [0.1, 0.15) is 0 Å². The van der Waals surface area contributed by atoms with Crippen LogP contribution >= 0.6 is 11.3 Å². The first-order valence-electron chi connectivity index (χ1n) is 6.32. The van der Waals surface area contributed by atoms with Crippen molar-refractivity contribution in [2.45, 2.75) is 26.4 Å². The van der Waals surface area contributed by atoms with Crippen LogP contribution in [-0.2, 0) is 13.1 Å². The molecular weight excluding hydrogens is 254 g/mol. The standard InChI is InChI=1S/C15H17N3S/c1-13-6-7-15(19-13)12-18(10-4-8-16)11-14-5-2-3-9-17-14/h2-3,5-7,9H,4,10-12H2,1H3. The summed E-state index contributed by atoms with van der Waals surface area (Å²) in [4.78, 5) is 9.29. The molecule has 0 amide bonds. The molecule has 0 unspecified atom stereocenters. The Labute approximate surface area is 118 Å². The highest BCUT2D eigenvalue weighted by Gasteiger charge is 2.08. The fourth-order valence-corrected chi connectivity index (χ4v) is 2.87. The smallest absolute Gasteiger partial charge is 0.0635 e. The highest BCUT2D eigenvalue weighted by atomic mass is 32.1. The van der Waals surface area contributed by atoms with Gasteiger partial charge >= 0.3 is 0 Å². The molecule has 0 saturated carbocycles. The Morgan fingerprint density at radius 1 is 1.26 bits per heavy atom. The van der Waals surface area contributed by atoms with Gasteiger partial charge in [0.05, 0.1) is 11.8 Å². The Hall–Kier alpha value is -1.70. The third-order valence-corrected chi connectivity index (χ3v) is 3.81. The molecule has 2 aromatic rings. The van der Waals surface area contributed by atoms with Gasteiger partial charge < -0.3 is 0 Å². The molecule has 0 saturated heterocycles. The van der Waals surface area contributed by atoms with Crippen LogP contribution in [0.5, 0.6) is 0 Å². The predicted molar refractivity (Wildman–Crippen MR) is 77.6 cm³/mol. The maximum atomic E-state index is 8.76. The van der Waals surface area contributed by atoms with Crippen LogP contribution in [0.25, 0.3) is 0 Å². The van der Waals surface area contributed by atoms with E-state index in [-0.39, 0.29) is 0 Å². The molecule has 19 heavy (non-hydrogen) atoms. The van der Waals surface area contributed by atoms with Gasteiger partial charge in [-0.05, 0) is 31.2 Å². The number of pyridine rings is 1. The molecule has 0 fully saturated rings. The van der Waals surface area contributed by atoms with Crippen LogP contribution in [0.15, 0.2) is 36.5 Å². The molecule has 0 atom stereocenters. The second-order valence-electron chi connectivity index (χ2n) is 4.45. The molecule has 0 bridgehead atoms. The van der Waals surface area contributed by atoms with Crippen LogP contribution in [0, 0.1) is 18.3 Å². The summed E-state index contributed by atoms with van der Waals surface area (Å²) in [6, 6.07) is 12.5. The molecule has 0 aromatic carbocycles. The van der Waals surface area contributed by atoms with E-state index in [1.807, 2.05) is 35.7 Å². The topological polar surface area (TPSA) is 39.9 Å². The van der Waals surface area contributed by atoms with Crippen molar-refractivity contribution in [1.29, 1.82) is 5.26 Å². The van der Waals surface area contributed by atoms with Crippen molar-refractivity contribution in [2.75, 3.05) is 6.54 Å². The summed E-state index contributed by atoms with van der Waals surface area (Å²) < 4.78 is 0. The van der Waals surface area contributed by atoms with E-state index in [1.165, 1.54) is 9.75 Å². The Bertz CT molecular complexity index is 542. The van der Waals surface area contributed by atoms with Gasteiger partial charge in [0.25, 0.3) is 0 Å². The Balaban J connectivity index is 2.01. The number of rotatable bonds is 6. The maximum Gasteiger partial charge on any atom is 0.0635 e. The van der Waals surface area contributed by atoms with Crippen molar-refractivity contribution >= 4 is 11.3 Å². The molecule has 4 heteroatoms. The lowest BCUT2D eigenvalue weighted by atomic mass is 10.3. The Kier molecular flexibility index (Phi) is 5.08. The third-order valence-electron chi connectivity index (χ3n) is 2.83. The van der Waals surface area contributed by atoms with E-state index < -0.39 is 0 Å². The molecule has 0 spiro atoms. The summed E-state index contributed by atoms with van der Waals surface area (Å²) in [7, 11) is 0. The van der Waals surface area contributed by atoms with Crippen molar-refractivity contribution in [2.24, 2.45) is 0 Å². The van der Waals surface area contributed by atoms with Gasteiger partial charge in [-0.3, -0.25) is 9.88 Å². The SMILES string of the molecule is Cc1ccc(CN(CCC#N)Cc2ccccn2)s1. The van der Waals surface area contributed by atoms with E-state index in [0.717, 1.165) is 25.3 Å². The zero-order chi connectivity index (χ0) is 13.5. The van der Waals surface area contributed by atoms with Crippen LogP contribution in [-0.4, -0.2) is 16.4 Å². The number of nitrogens with zero attached hydrogens (tertiary/aromatic N) is 3. The molecule has 0 radical (unpaired) electrons. The molecule has 0 aliphatic carbocycles. The summed E-state index contributed by atoms with van der Waals surface area (Å²) in [5.74, 6) is 0. The van der Waals surface area contributed by atoms with E-state index in [2.05, 4.69) is 35.0 Å². The minimum atomic E-state index is 0.553. The van der Waals surface area contributed by atoms with Crippen LogP contribution in [0.2, 0.25) is 0 Å². The highest BCUT2D eigenvalue weighted by Crippen LogP contribution is 2.18. The molecule has 2 heterocycles. The summed E-state index contributed by atoms with van der Waals surface area (Å²) in [5.41, 5.74) is 1.05. The van der Waals surface area contributed by atoms with E-state index in [1.54, 1.807) is 0 Å². The molecule has 0 N–H and O–H groups in total. The van der Waals surface area contributed by atoms with Gasteiger partial charge in [-0.2, -0.15) is 5.26 Å². The number of aryl methyl sites for hydroxylation is 1. The number of hydrogen-bond acceptors (Lipinski definition) is 4. The van der Waals surface area contributed by atoms with Crippen molar-refractivity contribution < 1.29 is 0 Å². The molecule has 3 nitrogen and oxygen atoms in total. The van der Waals surface area contributed by atoms with E-state index in [9.17, 15) is 0 Å². The number of nitriles is 1. The molecular formula is C15H17N3S. The lowest BCUT2D eigenvalue weighted by molar-refractivity contribution is 0.262. The van der Waals surface area contributed by atoms with Crippen molar-refractivity contribution in [3.05, 3.63) is 52.0 Å². The first-order valence-corrected chi connectivity index (χ1v) is 7.14. The van der Waals surface area contributed by atoms with Crippen LogP contribution < -0.4 is 0 Å². The van der Waals surface area contributed by atoms with Crippen molar-refractivity contribution in [1.82, 2.24) is 9.88 Å². The van der Waals surface area contributed by atoms with Gasteiger partial charge in [0, 0.05) is 42.0 Å². The van der Waals surface area contributed by atoms with Gasteiger partial charge in [-0.15, -0.1) is 11.3 Å². The lowest BCUT2D eigenvalue weighted by Crippen LogP contribution is -2.23. The third kappa shape index (κ3) is 4.47. The molecule has 2 rings (SSSR count). The lowest BCUT2D eigenvalue weighted by Gasteiger charge is -2.19. The molecule has 98 valence electrons. The van der Waals surface area contributed by atoms with Gasteiger partial charge in [-0.25, -0.2) is 0 Å². The van der Waals surface area contributed by atoms with Gasteiger partial charge in [0.15, 0.2) is 0 Å². The average Bonchev–Trinajstić information content (AvgIpc) is 2.82. The summed E-state index contributed by atoms with van der Waals surface area (Å²) in [6.45, 7) is 4.58. The zero-order valence-corrected chi connectivity index (χ0v) is 11.9. The van der Waals surface area contributed by atoms with Crippen molar-refractivity contribution in [3.8, 4) is 6.07 Å². The van der Waals surface area contributed by atoms with E-state index in [4.69, 9.17) is 5.26 Å². The van der Waals surface area contributed by atoms with Crippen LogP contribution in [0.4, 0.5) is 0 Å². The van der Waals surface area contributed by atoms with Gasteiger partial charge in [-0.1, -0.05) is 6.07 Å². The summed E-state index contributed by atoms with van der Waals surface area (Å²) in [6.07, 6.45) is 2.37. The fraction of sp³-hybridized carbons (Fsp3) is 0.333. The Morgan fingerprint density at radius 2 is 2.16 bits per heavy atom. The highest BCUT2D eigenvalue weighted by molar-refractivity contribution is 7.11. The van der Waals surface area contributed by atoms with Crippen LogP contribution in [0.3, 0.4) is 0 Å². The minimum absolute atomic E-state index is 0.553. The van der Waals surface area contributed by atoms with Crippen LogP contribution in [0.1, 0.15) is 21.9 Å². The second kappa shape index (κ2) is 7.03. The van der Waals surface area contributed by atoms with Crippen molar-refractivity contribution in [3.63, 3.8) is 0 Å².